The van der Waals surface area contributed by atoms with Crippen LogP contribution in [0, 0.1) is 0 Å². The van der Waals surface area contributed by atoms with E-state index < -0.39 is 17.8 Å². The highest BCUT2D eigenvalue weighted by Gasteiger charge is 2.33. The van der Waals surface area contributed by atoms with Crippen molar-refractivity contribution in [1.82, 2.24) is 15.3 Å². The molecule has 8 nitrogen and oxygen atoms in total. The van der Waals surface area contributed by atoms with Crippen LogP contribution in [0.25, 0.3) is 0 Å². The normalized spacial score (nSPS) is 17.2. The molecule has 0 radical (unpaired) electrons. The van der Waals surface area contributed by atoms with Gasteiger partial charge in [0.05, 0.1) is 12.0 Å². The summed E-state index contributed by atoms with van der Waals surface area (Å²) >= 11 is 0.960. The Morgan fingerprint density at radius 3 is 2.79 bits per heavy atom. The number of rotatable bonds is 5. The van der Waals surface area contributed by atoms with Crippen LogP contribution in [-0.2, 0) is 14.3 Å². The summed E-state index contributed by atoms with van der Waals surface area (Å²) in [6.45, 7) is 3.76. The van der Waals surface area contributed by atoms with Crippen LogP contribution in [0.2, 0.25) is 0 Å². The highest BCUT2D eigenvalue weighted by Crippen LogP contribution is 2.30. The molecule has 0 aliphatic carbocycles. The fraction of sp³-hybridized carbons (Fsp3) is 0.133. The van der Waals surface area contributed by atoms with Gasteiger partial charge in [0.2, 0.25) is 0 Å². The first-order valence-electron chi connectivity index (χ1n) is 6.75. The Morgan fingerprint density at radius 2 is 2.17 bits per heavy atom. The molecule has 24 heavy (non-hydrogen) atoms. The number of thioether (sulfide) groups is 1. The number of pyridine rings is 1. The van der Waals surface area contributed by atoms with Gasteiger partial charge >= 0.3 is 5.97 Å². The van der Waals surface area contributed by atoms with Crippen LogP contribution >= 0.6 is 11.8 Å². The molecule has 0 atom stereocenters. The zero-order valence-corrected chi connectivity index (χ0v) is 13.6. The molecule has 1 N–H and O–H groups in total. The van der Waals surface area contributed by atoms with E-state index in [1.54, 1.807) is 0 Å². The van der Waals surface area contributed by atoms with Crippen LogP contribution in [0.5, 0.6) is 0 Å². The van der Waals surface area contributed by atoms with Crippen LogP contribution in [0.15, 0.2) is 53.3 Å². The largest absolute Gasteiger partial charge is 0.466 e. The second-order valence-corrected chi connectivity index (χ2v) is 5.42. The summed E-state index contributed by atoms with van der Waals surface area (Å²) in [4.78, 5) is 40.8. The Hall–Kier alpha value is -2.94. The van der Waals surface area contributed by atoms with E-state index in [1.807, 2.05) is 0 Å². The first kappa shape index (κ1) is 17.4. The molecule has 1 aliphatic heterocycles. The summed E-state index contributed by atoms with van der Waals surface area (Å²) in [7, 11) is 1.22. The zero-order chi connectivity index (χ0) is 17.5. The summed E-state index contributed by atoms with van der Waals surface area (Å²) in [6, 6.07) is 3.07. The van der Waals surface area contributed by atoms with Gasteiger partial charge in [-0.3, -0.25) is 19.5 Å². The van der Waals surface area contributed by atoms with E-state index in [9.17, 15) is 14.4 Å². The lowest BCUT2D eigenvalue weighted by molar-refractivity contribution is -0.135. The van der Waals surface area contributed by atoms with Gasteiger partial charge in [-0.05, 0) is 23.9 Å². The van der Waals surface area contributed by atoms with Gasteiger partial charge in [-0.2, -0.15) is 0 Å². The van der Waals surface area contributed by atoms with Crippen LogP contribution < -0.4 is 5.43 Å². The molecule has 0 spiro atoms. The molecular weight excluding hydrogens is 332 g/mol. The number of carbonyl (C=O) groups is 3. The zero-order valence-electron chi connectivity index (χ0n) is 12.8. The molecule has 1 fully saturated rings. The van der Waals surface area contributed by atoms with E-state index in [1.165, 1.54) is 42.6 Å². The van der Waals surface area contributed by atoms with Gasteiger partial charge in [0.1, 0.15) is 0 Å². The topological polar surface area (TPSA) is 101 Å². The Morgan fingerprint density at radius 1 is 1.46 bits per heavy atom. The molecular formula is C15H14N4O4S. The highest BCUT2D eigenvalue weighted by molar-refractivity contribution is 8.18. The minimum Gasteiger partial charge on any atom is -0.466 e. The number of nitrogens with zero attached hydrogens (tertiary/aromatic N) is 3. The molecule has 2 amide bonds. The van der Waals surface area contributed by atoms with E-state index in [2.05, 4.69) is 26.8 Å². The number of hydrazone groups is 1. The van der Waals surface area contributed by atoms with Crippen molar-refractivity contribution in [3.05, 3.63) is 53.7 Å². The Labute approximate surface area is 142 Å². The average molecular weight is 346 g/mol. The third-order valence-electron chi connectivity index (χ3n) is 2.85. The van der Waals surface area contributed by atoms with Crippen molar-refractivity contribution in [2.75, 3.05) is 13.7 Å². The van der Waals surface area contributed by atoms with E-state index >= 15 is 0 Å². The summed E-state index contributed by atoms with van der Waals surface area (Å²) in [6.07, 6.45) is 5.56. The minimum absolute atomic E-state index is 0.153. The molecule has 0 unspecified atom stereocenters. The van der Waals surface area contributed by atoms with Crippen LogP contribution in [-0.4, -0.2) is 46.5 Å². The van der Waals surface area contributed by atoms with E-state index in [4.69, 9.17) is 0 Å². The quantitative estimate of drug-likeness (QED) is 0.368. The number of nitrogens with one attached hydrogen (secondary N) is 1. The predicted octanol–water partition coefficient (Wildman–Crippen LogP) is 0.901. The van der Waals surface area contributed by atoms with Crippen molar-refractivity contribution in [3.63, 3.8) is 0 Å². The number of carbonyl (C=O) groups excluding carboxylic acids is 3. The van der Waals surface area contributed by atoms with Crippen LogP contribution in [0.3, 0.4) is 0 Å². The van der Waals surface area contributed by atoms with Gasteiger partial charge in [-0.1, -0.05) is 6.08 Å². The van der Waals surface area contributed by atoms with Gasteiger partial charge in [0.25, 0.3) is 11.8 Å². The second kappa shape index (κ2) is 8.06. The Bertz CT molecular complexity index is 730. The molecule has 9 heteroatoms. The number of hydrogen-bond acceptors (Lipinski definition) is 7. The van der Waals surface area contributed by atoms with Gasteiger partial charge < -0.3 is 4.74 Å². The summed E-state index contributed by atoms with van der Waals surface area (Å²) in [5.74, 6) is -1.50. The number of ether oxygens (including phenoxy) is 1. The SMILES string of the molecule is C=CCN1C(=O)/C(=C/C(=O)OC)S/C1=N/NC(=O)c1ccncc1. The van der Waals surface area contributed by atoms with E-state index in [0.717, 1.165) is 17.8 Å². The lowest BCUT2D eigenvalue weighted by Gasteiger charge is -2.12. The summed E-state index contributed by atoms with van der Waals surface area (Å²) < 4.78 is 4.51. The van der Waals surface area contributed by atoms with Crippen molar-refractivity contribution in [3.8, 4) is 0 Å². The first-order chi connectivity index (χ1) is 11.6. The number of esters is 1. The molecule has 1 saturated heterocycles. The molecule has 0 bridgehead atoms. The molecule has 0 aromatic carbocycles. The molecule has 0 saturated carbocycles. The molecule has 1 aromatic rings. The lowest BCUT2D eigenvalue weighted by Crippen LogP contribution is -2.31. The van der Waals surface area contributed by atoms with Gasteiger partial charge in [0, 0.05) is 30.6 Å². The van der Waals surface area contributed by atoms with Gasteiger partial charge in [0.15, 0.2) is 5.17 Å². The van der Waals surface area contributed by atoms with Crippen molar-refractivity contribution in [2.45, 2.75) is 0 Å². The van der Waals surface area contributed by atoms with Crippen molar-refractivity contribution >= 4 is 34.7 Å². The monoisotopic (exact) mass is 346 g/mol. The van der Waals surface area contributed by atoms with E-state index in [0.29, 0.717) is 5.56 Å². The fourth-order valence-corrected chi connectivity index (χ4v) is 2.62. The Balaban J connectivity index is 2.18. The predicted molar refractivity (Wildman–Crippen MR) is 88.7 cm³/mol. The molecule has 2 rings (SSSR count). The Kier molecular flexibility index (Phi) is 5.85. The molecule has 124 valence electrons. The van der Waals surface area contributed by atoms with Crippen LogP contribution in [0.4, 0.5) is 0 Å². The van der Waals surface area contributed by atoms with Crippen LogP contribution in [0.1, 0.15) is 10.4 Å². The number of hydrogen-bond donors (Lipinski definition) is 1. The first-order valence-corrected chi connectivity index (χ1v) is 7.56. The van der Waals surface area contributed by atoms with Gasteiger partial charge in [-0.25, -0.2) is 10.2 Å². The maximum atomic E-state index is 12.3. The fourth-order valence-electron chi connectivity index (χ4n) is 1.71. The molecule has 1 aliphatic rings. The number of aromatic nitrogens is 1. The summed E-state index contributed by atoms with van der Waals surface area (Å²) in [5.41, 5.74) is 2.75. The maximum Gasteiger partial charge on any atom is 0.331 e. The second-order valence-electron chi connectivity index (χ2n) is 4.41. The number of amidine groups is 1. The average Bonchev–Trinajstić information content (AvgIpc) is 2.89. The van der Waals surface area contributed by atoms with Crippen molar-refractivity contribution < 1.29 is 19.1 Å². The number of methoxy groups -OCH3 is 1. The molecule has 2 heterocycles. The van der Waals surface area contributed by atoms with Crippen molar-refractivity contribution in [2.24, 2.45) is 5.10 Å². The standard InChI is InChI=1S/C15H14N4O4S/c1-3-8-19-14(22)11(9-12(20)23-2)24-15(19)18-17-13(21)10-4-6-16-7-5-10/h3-7,9H,1,8H2,2H3,(H,17,21)/b11-9-,18-15+. The minimum atomic E-state index is -0.647. The van der Waals surface area contributed by atoms with Gasteiger partial charge in [-0.15, -0.1) is 11.7 Å². The van der Waals surface area contributed by atoms with E-state index in [-0.39, 0.29) is 16.6 Å². The number of amides is 2. The summed E-state index contributed by atoms with van der Waals surface area (Å²) in [5, 5.41) is 4.19. The smallest absolute Gasteiger partial charge is 0.331 e. The van der Waals surface area contributed by atoms with Crippen molar-refractivity contribution in [1.29, 1.82) is 0 Å². The molecule has 1 aromatic heterocycles. The maximum absolute atomic E-state index is 12.3. The lowest BCUT2D eigenvalue weighted by atomic mass is 10.3. The third-order valence-corrected chi connectivity index (χ3v) is 3.85. The third kappa shape index (κ3) is 4.07. The highest BCUT2D eigenvalue weighted by atomic mass is 32.2.